The molecular weight excluding hydrogens is 278 g/mol. The Morgan fingerprint density at radius 2 is 2.09 bits per heavy atom. The van der Waals surface area contributed by atoms with Crippen LogP contribution in [0.15, 0.2) is 18.3 Å². The fourth-order valence-electron chi connectivity index (χ4n) is 4.24. The van der Waals surface area contributed by atoms with Gasteiger partial charge in [-0.05, 0) is 43.2 Å². The van der Waals surface area contributed by atoms with Crippen molar-refractivity contribution >= 4 is 17.4 Å². The van der Waals surface area contributed by atoms with E-state index in [1.165, 1.54) is 19.3 Å². The monoisotopic (exact) mass is 301 g/mol. The second-order valence-electron chi connectivity index (χ2n) is 6.78. The number of carbonyl (C=O) groups is 1. The predicted molar refractivity (Wildman–Crippen MR) is 84.8 cm³/mol. The number of hydrogen-bond donors (Lipinski definition) is 1. The molecule has 2 aliphatic carbocycles. The van der Waals surface area contributed by atoms with E-state index in [0.29, 0.717) is 5.92 Å². The number of hydrogen-bond acceptors (Lipinski definition) is 4. The maximum Gasteiger partial charge on any atom is 0.227 e. The van der Waals surface area contributed by atoms with E-state index in [9.17, 15) is 4.79 Å². The topological polar surface area (TPSA) is 54.5 Å². The van der Waals surface area contributed by atoms with Crippen molar-refractivity contribution in [3.05, 3.63) is 18.3 Å². The van der Waals surface area contributed by atoms with Crippen molar-refractivity contribution < 1.29 is 9.53 Å². The minimum Gasteiger partial charge on any atom is -0.378 e. The maximum atomic E-state index is 12.4. The minimum absolute atomic E-state index is 0.188. The van der Waals surface area contributed by atoms with Gasteiger partial charge in [0, 0.05) is 19.0 Å². The number of morpholine rings is 1. The summed E-state index contributed by atoms with van der Waals surface area (Å²) in [6.45, 7) is 3.27. The molecule has 1 N–H and O–H groups in total. The van der Waals surface area contributed by atoms with Gasteiger partial charge in [0.1, 0.15) is 5.82 Å². The van der Waals surface area contributed by atoms with Gasteiger partial charge in [-0.1, -0.05) is 6.42 Å². The fourth-order valence-corrected chi connectivity index (χ4v) is 4.24. The highest BCUT2D eigenvalue weighted by molar-refractivity contribution is 5.93. The molecule has 0 radical (unpaired) electrons. The van der Waals surface area contributed by atoms with Crippen LogP contribution in [0, 0.1) is 17.8 Å². The third-order valence-electron chi connectivity index (χ3n) is 5.43. The highest BCUT2D eigenvalue weighted by Crippen LogP contribution is 2.48. The van der Waals surface area contributed by atoms with Crippen LogP contribution in [-0.4, -0.2) is 37.2 Å². The van der Waals surface area contributed by atoms with Crippen molar-refractivity contribution in [3.63, 3.8) is 0 Å². The largest absolute Gasteiger partial charge is 0.378 e. The summed E-state index contributed by atoms with van der Waals surface area (Å²) in [6.07, 6.45) is 6.67. The summed E-state index contributed by atoms with van der Waals surface area (Å²) in [7, 11) is 0. The smallest absolute Gasteiger partial charge is 0.227 e. The van der Waals surface area contributed by atoms with E-state index in [-0.39, 0.29) is 11.8 Å². The quantitative estimate of drug-likeness (QED) is 0.930. The van der Waals surface area contributed by atoms with Gasteiger partial charge in [-0.3, -0.25) is 4.79 Å². The lowest BCUT2D eigenvalue weighted by molar-refractivity contribution is -0.121. The van der Waals surface area contributed by atoms with Gasteiger partial charge in [-0.15, -0.1) is 0 Å². The summed E-state index contributed by atoms with van der Waals surface area (Å²) < 4.78 is 5.35. The normalized spacial score (nSPS) is 30.5. The van der Waals surface area contributed by atoms with Crippen molar-refractivity contribution in [1.82, 2.24) is 4.98 Å². The number of carbonyl (C=O) groups excluding carboxylic acids is 1. The molecule has 1 saturated heterocycles. The number of aromatic nitrogens is 1. The molecule has 0 spiro atoms. The predicted octanol–water partition coefficient (Wildman–Crippen LogP) is 2.29. The Labute approximate surface area is 131 Å². The van der Waals surface area contributed by atoms with E-state index in [4.69, 9.17) is 4.74 Å². The lowest BCUT2D eigenvalue weighted by Gasteiger charge is -2.27. The third-order valence-corrected chi connectivity index (χ3v) is 5.43. The number of rotatable bonds is 3. The van der Waals surface area contributed by atoms with Crippen molar-refractivity contribution in [2.75, 3.05) is 36.5 Å². The third kappa shape index (κ3) is 2.70. The van der Waals surface area contributed by atoms with Gasteiger partial charge in [-0.25, -0.2) is 4.98 Å². The Bertz CT molecular complexity index is 539. The SMILES string of the molecule is O=C(Nc1ccc(N2CCOCC2)nc1)[C@H]1C[C@H]2CC[C@@H]1C2. The number of pyridine rings is 1. The number of nitrogens with zero attached hydrogens (tertiary/aromatic N) is 2. The first-order valence-corrected chi connectivity index (χ1v) is 8.39. The molecule has 2 bridgehead atoms. The highest BCUT2D eigenvalue weighted by Gasteiger charge is 2.43. The molecule has 2 saturated carbocycles. The van der Waals surface area contributed by atoms with Gasteiger partial charge < -0.3 is 15.0 Å². The van der Waals surface area contributed by atoms with Gasteiger partial charge >= 0.3 is 0 Å². The van der Waals surface area contributed by atoms with E-state index in [2.05, 4.69) is 15.2 Å². The molecule has 4 rings (SSSR count). The number of amides is 1. The Hall–Kier alpha value is -1.62. The summed E-state index contributed by atoms with van der Waals surface area (Å²) >= 11 is 0. The van der Waals surface area contributed by atoms with Crippen LogP contribution in [0.2, 0.25) is 0 Å². The average Bonchev–Trinajstić information content (AvgIpc) is 3.19. The second-order valence-corrected chi connectivity index (χ2v) is 6.78. The fraction of sp³-hybridized carbons (Fsp3) is 0.647. The van der Waals surface area contributed by atoms with Crippen LogP contribution in [0.3, 0.4) is 0 Å². The lowest BCUT2D eigenvalue weighted by Crippen LogP contribution is -2.36. The van der Waals surface area contributed by atoms with Gasteiger partial charge in [0.05, 0.1) is 25.1 Å². The second kappa shape index (κ2) is 5.88. The summed E-state index contributed by atoms with van der Waals surface area (Å²) in [6, 6.07) is 3.95. The van der Waals surface area contributed by atoms with Crippen LogP contribution in [-0.2, 0) is 9.53 Å². The van der Waals surface area contributed by atoms with Crippen molar-refractivity contribution in [2.24, 2.45) is 17.8 Å². The van der Waals surface area contributed by atoms with Crippen molar-refractivity contribution in [2.45, 2.75) is 25.7 Å². The van der Waals surface area contributed by atoms with Gasteiger partial charge in [-0.2, -0.15) is 0 Å². The molecule has 1 amide bonds. The molecule has 3 aliphatic rings. The van der Waals surface area contributed by atoms with Gasteiger partial charge in [0.2, 0.25) is 5.91 Å². The number of fused-ring (bicyclic) bond motifs is 2. The zero-order valence-electron chi connectivity index (χ0n) is 12.8. The average molecular weight is 301 g/mol. The zero-order valence-corrected chi connectivity index (χ0v) is 12.8. The van der Waals surface area contributed by atoms with Crippen LogP contribution < -0.4 is 10.2 Å². The zero-order chi connectivity index (χ0) is 14.9. The first-order chi connectivity index (χ1) is 10.8. The molecule has 0 unspecified atom stereocenters. The Morgan fingerprint density at radius 1 is 1.23 bits per heavy atom. The Morgan fingerprint density at radius 3 is 2.73 bits per heavy atom. The van der Waals surface area contributed by atoms with Crippen molar-refractivity contribution in [3.8, 4) is 0 Å². The summed E-state index contributed by atoms with van der Waals surface area (Å²) in [5, 5.41) is 3.05. The number of nitrogens with one attached hydrogen (secondary N) is 1. The van der Waals surface area contributed by atoms with E-state index in [1.807, 2.05) is 12.1 Å². The van der Waals surface area contributed by atoms with Crippen LogP contribution in [0.1, 0.15) is 25.7 Å². The summed E-state index contributed by atoms with van der Waals surface area (Å²) in [5.74, 6) is 2.78. The summed E-state index contributed by atoms with van der Waals surface area (Å²) in [5.41, 5.74) is 0.810. The Balaban J connectivity index is 1.37. The molecule has 5 heteroatoms. The molecule has 1 aromatic heterocycles. The Kier molecular flexibility index (Phi) is 3.74. The van der Waals surface area contributed by atoms with E-state index in [1.54, 1.807) is 6.20 Å². The first kappa shape index (κ1) is 14.0. The van der Waals surface area contributed by atoms with Crippen LogP contribution in [0.25, 0.3) is 0 Å². The number of anilines is 2. The van der Waals surface area contributed by atoms with Crippen molar-refractivity contribution in [1.29, 1.82) is 0 Å². The molecule has 5 nitrogen and oxygen atoms in total. The molecule has 1 aromatic rings. The molecular formula is C17H23N3O2. The maximum absolute atomic E-state index is 12.4. The van der Waals surface area contributed by atoms with Crippen LogP contribution in [0.5, 0.6) is 0 Å². The molecule has 3 atom stereocenters. The van der Waals surface area contributed by atoms with E-state index >= 15 is 0 Å². The standard InChI is InChI=1S/C17H23N3O2/c21-17(15-10-12-1-2-13(15)9-12)19-14-3-4-16(18-11-14)20-5-7-22-8-6-20/h3-4,11-13,15H,1-2,5-10H2,(H,19,21)/t12-,13+,15-/m0/s1. The van der Waals surface area contributed by atoms with Gasteiger partial charge in [0.15, 0.2) is 0 Å². The van der Waals surface area contributed by atoms with Gasteiger partial charge in [0.25, 0.3) is 0 Å². The molecule has 1 aliphatic heterocycles. The summed E-state index contributed by atoms with van der Waals surface area (Å²) in [4.78, 5) is 19.1. The van der Waals surface area contributed by atoms with E-state index < -0.39 is 0 Å². The molecule has 22 heavy (non-hydrogen) atoms. The molecule has 3 fully saturated rings. The number of ether oxygens (including phenoxy) is 1. The minimum atomic E-state index is 0.188. The lowest BCUT2D eigenvalue weighted by atomic mass is 9.88. The molecule has 0 aromatic carbocycles. The van der Waals surface area contributed by atoms with Crippen LogP contribution in [0.4, 0.5) is 11.5 Å². The highest BCUT2D eigenvalue weighted by atomic mass is 16.5. The first-order valence-electron chi connectivity index (χ1n) is 8.39. The van der Waals surface area contributed by atoms with E-state index in [0.717, 1.165) is 50.1 Å². The molecule has 118 valence electrons. The molecule has 2 heterocycles. The van der Waals surface area contributed by atoms with Crippen LogP contribution >= 0.6 is 0 Å².